The molecule has 2 N–H and O–H groups in total. The van der Waals surface area contributed by atoms with Crippen LogP contribution in [0.5, 0.6) is 0 Å². The van der Waals surface area contributed by atoms with Gasteiger partial charge in [-0.1, -0.05) is 18.2 Å². The van der Waals surface area contributed by atoms with Crippen molar-refractivity contribution in [3.8, 4) is 0 Å². The molecule has 5 heteroatoms. The molecule has 0 atom stereocenters. The van der Waals surface area contributed by atoms with Gasteiger partial charge in [-0.25, -0.2) is 0 Å². The maximum atomic E-state index is 12.5. The summed E-state index contributed by atoms with van der Waals surface area (Å²) in [5, 5.41) is 12.4. The zero-order valence-corrected chi connectivity index (χ0v) is 12.9. The lowest BCUT2D eigenvalue weighted by Gasteiger charge is -2.10. The normalized spacial score (nSPS) is 13.9. The van der Waals surface area contributed by atoms with Crippen LogP contribution in [-0.2, 0) is 4.79 Å². The number of unbranched alkanes of at least 4 members (excludes halogenated alkanes) is 1. The summed E-state index contributed by atoms with van der Waals surface area (Å²) >= 11 is 0. The van der Waals surface area contributed by atoms with E-state index >= 15 is 0 Å². The molecule has 1 saturated carbocycles. The quantitative estimate of drug-likeness (QED) is 0.770. The number of rotatable bonds is 7. The van der Waals surface area contributed by atoms with Gasteiger partial charge in [-0.15, -0.1) is 0 Å². The molecule has 0 radical (unpaired) electrons. The molecule has 0 spiro atoms. The number of fused-ring (bicyclic) bond motifs is 1. The first-order chi connectivity index (χ1) is 11.1. The van der Waals surface area contributed by atoms with E-state index < -0.39 is 5.97 Å². The molecule has 1 amide bonds. The van der Waals surface area contributed by atoms with E-state index in [2.05, 4.69) is 10.3 Å². The minimum Gasteiger partial charge on any atom is -0.481 e. The number of benzene rings is 1. The van der Waals surface area contributed by atoms with E-state index in [4.69, 9.17) is 5.11 Å². The van der Waals surface area contributed by atoms with Crippen molar-refractivity contribution in [1.82, 2.24) is 10.3 Å². The van der Waals surface area contributed by atoms with Gasteiger partial charge in [0.15, 0.2) is 0 Å². The van der Waals surface area contributed by atoms with Crippen molar-refractivity contribution in [2.45, 2.75) is 38.0 Å². The fraction of sp³-hybridized carbons (Fsp3) is 0.389. The van der Waals surface area contributed by atoms with E-state index in [9.17, 15) is 9.59 Å². The van der Waals surface area contributed by atoms with Gasteiger partial charge in [0, 0.05) is 30.0 Å². The zero-order valence-electron chi connectivity index (χ0n) is 12.9. The molecule has 23 heavy (non-hydrogen) atoms. The van der Waals surface area contributed by atoms with Crippen molar-refractivity contribution in [2.24, 2.45) is 0 Å². The lowest BCUT2D eigenvalue weighted by Crippen LogP contribution is -2.25. The summed E-state index contributed by atoms with van der Waals surface area (Å²) in [5.41, 5.74) is 2.52. The summed E-state index contributed by atoms with van der Waals surface area (Å²) < 4.78 is 0. The SMILES string of the molecule is O=C(O)CCCCNC(=O)c1cc(C2CC2)nc2ccccc12. The molecule has 0 saturated heterocycles. The van der Waals surface area contributed by atoms with Gasteiger partial charge in [0.1, 0.15) is 0 Å². The number of aromatic nitrogens is 1. The number of hydrogen-bond donors (Lipinski definition) is 2. The Morgan fingerprint density at radius 2 is 2.00 bits per heavy atom. The number of carboxylic acid groups (broad SMARTS) is 1. The molecule has 1 aliphatic carbocycles. The lowest BCUT2D eigenvalue weighted by atomic mass is 10.1. The number of nitrogens with one attached hydrogen (secondary N) is 1. The number of carbonyl (C=O) groups is 2. The van der Waals surface area contributed by atoms with Crippen LogP contribution in [0.1, 0.15) is 54.1 Å². The largest absolute Gasteiger partial charge is 0.481 e. The Bertz CT molecular complexity index is 738. The third kappa shape index (κ3) is 3.86. The first-order valence-corrected chi connectivity index (χ1v) is 8.05. The van der Waals surface area contributed by atoms with Crippen LogP contribution >= 0.6 is 0 Å². The predicted octanol–water partition coefficient (Wildman–Crippen LogP) is 3.10. The van der Waals surface area contributed by atoms with Crippen molar-refractivity contribution in [2.75, 3.05) is 6.54 Å². The first-order valence-electron chi connectivity index (χ1n) is 8.05. The van der Waals surface area contributed by atoms with E-state index in [1.807, 2.05) is 30.3 Å². The Morgan fingerprint density at radius 3 is 2.74 bits per heavy atom. The average Bonchev–Trinajstić information content (AvgIpc) is 3.38. The van der Waals surface area contributed by atoms with Gasteiger partial charge in [-0.05, 0) is 37.8 Å². The lowest BCUT2D eigenvalue weighted by molar-refractivity contribution is -0.137. The van der Waals surface area contributed by atoms with Gasteiger partial charge in [-0.3, -0.25) is 14.6 Å². The molecule has 1 aromatic carbocycles. The van der Waals surface area contributed by atoms with Crippen LogP contribution in [0.2, 0.25) is 0 Å². The molecule has 2 aromatic rings. The number of hydrogen-bond acceptors (Lipinski definition) is 3. The van der Waals surface area contributed by atoms with E-state index in [0.29, 0.717) is 30.9 Å². The second-order valence-electron chi connectivity index (χ2n) is 5.99. The van der Waals surface area contributed by atoms with Gasteiger partial charge in [-0.2, -0.15) is 0 Å². The standard InChI is InChI=1S/C18H20N2O3/c21-17(22)7-3-4-10-19-18(23)14-11-16(12-8-9-12)20-15-6-2-1-5-13(14)15/h1-2,5-6,11-12H,3-4,7-10H2,(H,19,23)(H,21,22). The average molecular weight is 312 g/mol. The highest BCUT2D eigenvalue weighted by Gasteiger charge is 2.26. The molecule has 120 valence electrons. The highest BCUT2D eigenvalue weighted by atomic mass is 16.4. The summed E-state index contributed by atoms with van der Waals surface area (Å²) in [7, 11) is 0. The highest BCUT2D eigenvalue weighted by molar-refractivity contribution is 6.06. The van der Waals surface area contributed by atoms with Gasteiger partial charge in [0.25, 0.3) is 5.91 Å². The van der Waals surface area contributed by atoms with Crippen LogP contribution in [0.15, 0.2) is 30.3 Å². The first kappa shape index (κ1) is 15.5. The molecular formula is C18H20N2O3. The van der Waals surface area contributed by atoms with Gasteiger partial charge >= 0.3 is 5.97 Å². The van der Waals surface area contributed by atoms with Crippen molar-refractivity contribution in [3.05, 3.63) is 41.6 Å². The fourth-order valence-corrected chi connectivity index (χ4v) is 2.67. The van der Waals surface area contributed by atoms with Crippen LogP contribution in [0.3, 0.4) is 0 Å². The smallest absolute Gasteiger partial charge is 0.303 e. The van der Waals surface area contributed by atoms with Crippen LogP contribution in [0, 0.1) is 0 Å². The van der Waals surface area contributed by atoms with Gasteiger partial charge in [0.2, 0.25) is 0 Å². The summed E-state index contributed by atoms with van der Waals surface area (Å²) in [4.78, 5) is 27.6. The fourth-order valence-electron chi connectivity index (χ4n) is 2.67. The van der Waals surface area contributed by atoms with Crippen molar-refractivity contribution in [3.63, 3.8) is 0 Å². The van der Waals surface area contributed by atoms with E-state index in [0.717, 1.165) is 29.4 Å². The minimum absolute atomic E-state index is 0.110. The van der Waals surface area contributed by atoms with Crippen LogP contribution in [0.4, 0.5) is 0 Å². The van der Waals surface area contributed by atoms with Gasteiger partial charge in [0.05, 0.1) is 11.1 Å². The van der Waals surface area contributed by atoms with Crippen molar-refractivity contribution < 1.29 is 14.7 Å². The summed E-state index contributed by atoms with van der Waals surface area (Å²) in [6.45, 7) is 0.488. The molecule has 1 aromatic heterocycles. The van der Waals surface area contributed by atoms with Crippen LogP contribution < -0.4 is 5.32 Å². The minimum atomic E-state index is -0.800. The maximum absolute atomic E-state index is 12.5. The summed E-state index contributed by atoms with van der Waals surface area (Å²) in [6.07, 6.45) is 3.65. The number of carbonyl (C=O) groups excluding carboxylic acids is 1. The molecule has 1 fully saturated rings. The van der Waals surface area contributed by atoms with Crippen LogP contribution in [-0.4, -0.2) is 28.5 Å². The summed E-state index contributed by atoms with van der Waals surface area (Å²) in [5.74, 6) is -0.423. The molecule has 1 aliphatic rings. The van der Waals surface area contributed by atoms with E-state index in [1.165, 1.54) is 0 Å². The molecule has 0 unspecified atom stereocenters. The molecule has 3 rings (SSSR count). The molecule has 0 aliphatic heterocycles. The molecule has 0 bridgehead atoms. The topological polar surface area (TPSA) is 79.3 Å². The summed E-state index contributed by atoms with van der Waals surface area (Å²) in [6, 6.07) is 9.60. The maximum Gasteiger partial charge on any atom is 0.303 e. The number of pyridine rings is 1. The van der Waals surface area contributed by atoms with Gasteiger partial charge < -0.3 is 10.4 Å². The predicted molar refractivity (Wildman–Crippen MR) is 87.5 cm³/mol. The molecular weight excluding hydrogens is 292 g/mol. The van der Waals surface area contributed by atoms with E-state index in [1.54, 1.807) is 0 Å². The third-order valence-corrected chi connectivity index (χ3v) is 4.08. The highest BCUT2D eigenvalue weighted by Crippen LogP contribution is 2.40. The number of amides is 1. The Kier molecular flexibility index (Phi) is 4.55. The monoisotopic (exact) mass is 312 g/mol. The Labute approximate surface area is 134 Å². The van der Waals surface area contributed by atoms with Crippen molar-refractivity contribution >= 4 is 22.8 Å². The Morgan fingerprint density at radius 1 is 1.22 bits per heavy atom. The third-order valence-electron chi connectivity index (χ3n) is 4.08. The molecule has 5 nitrogen and oxygen atoms in total. The van der Waals surface area contributed by atoms with Crippen LogP contribution in [0.25, 0.3) is 10.9 Å². The molecule has 1 heterocycles. The second-order valence-corrected chi connectivity index (χ2v) is 5.99. The van der Waals surface area contributed by atoms with Crippen molar-refractivity contribution in [1.29, 1.82) is 0 Å². The van der Waals surface area contributed by atoms with E-state index in [-0.39, 0.29) is 12.3 Å². The number of nitrogens with zero attached hydrogens (tertiary/aromatic N) is 1. The zero-order chi connectivity index (χ0) is 16.2. The second kappa shape index (κ2) is 6.77. The number of aliphatic carboxylic acids is 1. The number of para-hydroxylation sites is 1. The number of carboxylic acids is 1. The Balaban J connectivity index is 1.72. The Hall–Kier alpha value is -2.43.